The van der Waals surface area contributed by atoms with Gasteiger partial charge in [-0.05, 0) is 13.6 Å². The van der Waals surface area contributed by atoms with Crippen LogP contribution in [0.1, 0.15) is 6.92 Å². The monoisotopic (exact) mass is 170 g/mol. The lowest BCUT2D eigenvalue weighted by atomic mass is 10.4. The highest BCUT2D eigenvalue weighted by Crippen LogP contribution is 1.85. The van der Waals surface area contributed by atoms with Crippen LogP contribution in [0.4, 0.5) is 0 Å². The predicted octanol–water partition coefficient (Wildman–Crippen LogP) is 0.583. The van der Waals surface area contributed by atoms with Crippen LogP contribution in [0.2, 0.25) is 0 Å². The third-order valence-corrected chi connectivity index (χ3v) is 1.66. The van der Waals surface area contributed by atoms with Crippen LogP contribution in [-0.2, 0) is 4.79 Å². The first-order valence-corrected chi connectivity index (χ1v) is 4.14. The predicted molar refractivity (Wildman–Crippen MR) is 51.0 cm³/mol. The molecule has 0 aromatic carbocycles. The second-order valence-corrected chi connectivity index (χ2v) is 2.99. The van der Waals surface area contributed by atoms with Crippen molar-refractivity contribution in [3.05, 3.63) is 12.2 Å². The molecule has 0 radical (unpaired) electrons. The van der Waals surface area contributed by atoms with Gasteiger partial charge in [-0.25, -0.2) is 0 Å². The zero-order chi connectivity index (χ0) is 9.56. The summed E-state index contributed by atoms with van der Waals surface area (Å²) in [5.41, 5.74) is 0. The summed E-state index contributed by atoms with van der Waals surface area (Å²) < 4.78 is 0. The van der Waals surface area contributed by atoms with Gasteiger partial charge in [0.1, 0.15) is 0 Å². The van der Waals surface area contributed by atoms with Crippen molar-refractivity contribution >= 4 is 5.91 Å². The molecule has 0 heterocycles. The molecule has 0 unspecified atom stereocenters. The minimum Gasteiger partial charge on any atom is -0.345 e. The number of likely N-dealkylation sites (N-methyl/N-ethyl adjacent to an activating group) is 2. The van der Waals surface area contributed by atoms with E-state index in [2.05, 4.69) is 11.8 Å². The maximum Gasteiger partial charge on any atom is 0.245 e. The second-order valence-electron chi connectivity index (χ2n) is 2.99. The summed E-state index contributed by atoms with van der Waals surface area (Å²) in [4.78, 5) is 14.7. The van der Waals surface area contributed by atoms with Crippen molar-refractivity contribution in [2.75, 3.05) is 34.2 Å². The molecule has 0 aliphatic heterocycles. The molecule has 70 valence electrons. The molecule has 0 bridgehead atoms. The lowest BCUT2D eigenvalue weighted by Gasteiger charge is -2.10. The van der Waals surface area contributed by atoms with Crippen molar-refractivity contribution < 1.29 is 4.79 Å². The average Bonchev–Trinajstić information content (AvgIpc) is 2.03. The summed E-state index contributed by atoms with van der Waals surface area (Å²) in [6.45, 7) is 3.91. The summed E-state index contributed by atoms with van der Waals surface area (Å²) in [5, 5.41) is 0. The third-order valence-electron chi connectivity index (χ3n) is 1.66. The maximum absolute atomic E-state index is 11.0. The average molecular weight is 170 g/mol. The first-order chi connectivity index (χ1) is 5.57. The number of amides is 1. The zero-order valence-corrected chi connectivity index (χ0v) is 8.37. The number of carbonyl (C=O) groups is 1. The van der Waals surface area contributed by atoms with Crippen LogP contribution in [0.3, 0.4) is 0 Å². The van der Waals surface area contributed by atoms with Crippen LogP contribution in [0, 0.1) is 0 Å². The van der Waals surface area contributed by atoms with Crippen molar-refractivity contribution in [1.82, 2.24) is 9.80 Å². The standard InChI is InChI=1S/C9H18N2O/c1-5-11(4)8-6-7-9(12)10(2)3/h6-7H,5,8H2,1-4H3/b7-6+. The van der Waals surface area contributed by atoms with Crippen LogP contribution in [0.15, 0.2) is 12.2 Å². The van der Waals surface area contributed by atoms with Gasteiger partial charge in [0.2, 0.25) is 5.91 Å². The fourth-order valence-corrected chi connectivity index (χ4v) is 0.612. The molecule has 12 heavy (non-hydrogen) atoms. The molecular weight excluding hydrogens is 152 g/mol. The Bertz CT molecular complexity index is 164. The molecule has 1 amide bonds. The van der Waals surface area contributed by atoms with E-state index in [0.29, 0.717) is 0 Å². The van der Waals surface area contributed by atoms with E-state index in [0.717, 1.165) is 13.1 Å². The summed E-state index contributed by atoms with van der Waals surface area (Å²) in [6, 6.07) is 0. The SMILES string of the molecule is CCN(C)C/C=C/C(=O)N(C)C. The highest BCUT2D eigenvalue weighted by atomic mass is 16.2. The summed E-state index contributed by atoms with van der Waals surface area (Å²) in [5.74, 6) is 0.0412. The van der Waals surface area contributed by atoms with E-state index >= 15 is 0 Å². The summed E-state index contributed by atoms with van der Waals surface area (Å²) in [6.07, 6.45) is 3.48. The van der Waals surface area contributed by atoms with Crippen molar-refractivity contribution in [3.8, 4) is 0 Å². The highest BCUT2D eigenvalue weighted by Gasteiger charge is 1.96. The van der Waals surface area contributed by atoms with E-state index in [1.54, 1.807) is 25.1 Å². The number of carbonyl (C=O) groups excluding carboxylic acids is 1. The summed E-state index contributed by atoms with van der Waals surface area (Å²) in [7, 11) is 5.51. The van der Waals surface area contributed by atoms with E-state index in [1.165, 1.54) is 0 Å². The molecule has 0 aliphatic rings. The zero-order valence-electron chi connectivity index (χ0n) is 8.37. The van der Waals surface area contributed by atoms with Gasteiger partial charge in [0.25, 0.3) is 0 Å². The maximum atomic E-state index is 11.0. The molecule has 0 saturated heterocycles. The first-order valence-electron chi connectivity index (χ1n) is 4.14. The van der Waals surface area contributed by atoms with Crippen molar-refractivity contribution in [3.63, 3.8) is 0 Å². The van der Waals surface area contributed by atoms with E-state index in [4.69, 9.17) is 0 Å². The molecule has 0 spiro atoms. The fraction of sp³-hybridized carbons (Fsp3) is 0.667. The molecule has 0 rings (SSSR count). The number of nitrogens with zero attached hydrogens (tertiary/aromatic N) is 2. The molecule has 0 N–H and O–H groups in total. The Kier molecular flexibility index (Phi) is 5.37. The van der Waals surface area contributed by atoms with E-state index in [9.17, 15) is 4.79 Å². The quantitative estimate of drug-likeness (QED) is 0.576. The normalized spacial score (nSPS) is 11.1. The van der Waals surface area contributed by atoms with Gasteiger partial charge in [-0.15, -0.1) is 0 Å². The molecule has 0 aliphatic carbocycles. The molecule has 3 heteroatoms. The van der Waals surface area contributed by atoms with Crippen LogP contribution in [-0.4, -0.2) is 49.9 Å². The minimum atomic E-state index is 0.0412. The van der Waals surface area contributed by atoms with E-state index in [-0.39, 0.29) is 5.91 Å². The Morgan fingerprint density at radius 1 is 1.33 bits per heavy atom. The molecule has 3 nitrogen and oxygen atoms in total. The lowest BCUT2D eigenvalue weighted by Crippen LogP contribution is -2.20. The molecule has 0 aromatic rings. The Labute approximate surface area is 74.7 Å². The topological polar surface area (TPSA) is 23.6 Å². The van der Waals surface area contributed by atoms with Gasteiger partial charge in [0, 0.05) is 26.7 Å². The van der Waals surface area contributed by atoms with Gasteiger partial charge in [0.15, 0.2) is 0 Å². The Hall–Kier alpha value is -0.830. The summed E-state index contributed by atoms with van der Waals surface area (Å²) >= 11 is 0. The van der Waals surface area contributed by atoms with Gasteiger partial charge in [-0.3, -0.25) is 4.79 Å². The Morgan fingerprint density at radius 2 is 1.92 bits per heavy atom. The highest BCUT2D eigenvalue weighted by molar-refractivity contribution is 5.87. The molecule has 0 atom stereocenters. The minimum absolute atomic E-state index is 0.0412. The van der Waals surface area contributed by atoms with Crippen LogP contribution < -0.4 is 0 Å². The van der Waals surface area contributed by atoms with Gasteiger partial charge >= 0.3 is 0 Å². The Balaban J connectivity index is 3.69. The Morgan fingerprint density at radius 3 is 2.33 bits per heavy atom. The third kappa shape index (κ3) is 4.91. The van der Waals surface area contributed by atoms with E-state index in [1.807, 2.05) is 13.1 Å². The number of hydrogen-bond donors (Lipinski definition) is 0. The second kappa shape index (κ2) is 5.77. The molecule has 0 aromatic heterocycles. The first kappa shape index (κ1) is 11.2. The van der Waals surface area contributed by atoms with Gasteiger partial charge in [-0.1, -0.05) is 13.0 Å². The van der Waals surface area contributed by atoms with Crippen LogP contribution in [0.5, 0.6) is 0 Å². The van der Waals surface area contributed by atoms with Gasteiger partial charge < -0.3 is 9.80 Å². The van der Waals surface area contributed by atoms with Crippen molar-refractivity contribution in [2.45, 2.75) is 6.92 Å². The molecular formula is C9H18N2O. The fourth-order valence-electron chi connectivity index (χ4n) is 0.612. The van der Waals surface area contributed by atoms with Crippen LogP contribution >= 0.6 is 0 Å². The molecule has 0 fully saturated rings. The van der Waals surface area contributed by atoms with Crippen LogP contribution in [0.25, 0.3) is 0 Å². The van der Waals surface area contributed by atoms with Crippen molar-refractivity contribution in [1.29, 1.82) is 0 Å². The van der Waals surface area contributed by atoms with E-state index < -0.39 is 0 Å². The molecule has 0 saturated carbocycles. The van der Waals surface area contributed by atoms with Gasteiger partial charge in [-0.2, -0.15) is 0 Å². The lowest BCUT2D eigenvalue weighted by molar-refractivity contribution is -0.123. The largest absolute Gasteiger partial charge is 0.345 e. The van der Waals surface area contributed by atoms with Gasteiger partial charge in [0.05, 0.1) is 0 Å². The smallest absolute Gasteiger partial charge is 0.245 e. The number of rotatable bonds is 4. The number of hydrogen-bond acceptors (Lipinski definition) is 2. The van der Waals surface area contributed by atoms with Crippen molar-refractivity contribution in [2.24, 2.45) is 0 Å².